The van der Waals surface area contributed by atoms with Crippen molar-refractivity contribution < 1.29 is 9.53 Å². The molecule has 0 radical (unpaired) electrons. The number of hydrogen-bond donors (Lipinski definition) is 1. The summed E-state index contributed by atoms with van der Waals surface area (Å²) in [5.41, 5.74) is 3.02. The number of carbonyl (C=O) groups is 1. The van der Waals surface area contributed by atoms with Crippen molar-refractivity contribution in [1.29, 1.82) is 0 Å². The van der Waals surface area contributed by atoms with Crippen LogP contribution in [0, 0.1) is 6.92 Å². The molecule has 0 aromatic heterocycles. The Hall–Kier alpha value is -1.94. The predicted octanol–water partition coefficient (Wildman–Crippen LogP) is 4.86. The van der Waals surface area contributed by atoms with Crippen LogP contribution < -0.4 is 10.1 Å². The summed E-state index contributed by atoms with van der Waals surface area (Å²) in [5.74, 6) is 0.985. The molecule has 2 rings (SSSR count). The monoisotopic (exact) mass is 329 g/mol. The minimum atomic E-state index is -0.155. The van der Waals surface area contributed by atoms with Crippen molar-refractivity contribution in [2.45, 2.75) is 31.6 Å². The van der Waals surface area contributed by atoms with Crippen LogP contribution in [0.5, 0.6) is 5.75 Å². The van der Waals surface area contributed by atoms with E-state index in [-0.39, 0.29) is 12.5 Å². The number of carbonyl (C=O) groups excluding carboxylic acids is 1. The number of nitrogens with one attached hydrogen (secondary N) is 1. The Morgan fingerprint density at radius 1 is 1.17 bits per heavy atom. The van der Waals surface area contributed by atoms with Crippen molar-refractivity contribution in [3.63, 3.8) is 0 Å². The molecular formula is C19H23NO2S. The summed E-state index contributed by atoms with van der Waals surface area (Å²) in [4.78, 5) is 13.2. The van der Waals surface area contributed by atoms with Gasteiger partial charge in [0.15, 0.2) is 6.61 Å². The van der Waals surface area contributed by atoms with Gasteiger partial charge in [-0.2, -0.15) is 0 Å². The third kappa shape index (κ3) is 5.03. The van der Waals surface area contributed by atoms with Gasteiger partial charge in [-0.3, -0.25) is 4.79 Å². The van der Waals surface area contributed by atoms with Gasteiger partial charge in [0.2, 0.25) is 0 Å². The van der Waals surface area contributed by atoms with Gasteiger partial charge in [0, 0.05) is 10.6 Å². The second-order valence-electron chi connectivity index (χ2n) is 5.76. The lowest BCUT2D eigenvalue weighted by atomic mass is 10.0. The van der Waals surface area contributed by atoms with Crippen molar-refractivity contribution in [2.75, 3.05) is 18.2 Å². The molecule has 23 heavy (non-hydrogen) atoms. The topological polar surface area (TPSA) is 38.3 Å². The Morgan fingerprint density at radius 3 is 2.48 bits per heavy atom. The maximum absolute atomic E-state index is 12.1. The van der Waals surface area contributed by atoms with Gasteiger partial charge in [0.05, 0.1) is 0 Å². The fourth-order valence-corrected chi connectivity index (χ4v) is 2.67. The molecule has 0 fully saturated rings. The number of ether oxygens (including phenoxy) is 1. The lowest BCUT2D eigenvalue weighted by molar-refractivity contribution is -0.118. The molecule has 0 spiro atoms. The van der Waals surface area contributed by atoms with E-state index < -0.39 is 0 Å². The van der Waals surface area contributed by atoms with E-state index >= 15 is 0 Å². The molecular weight excluding hydrogens is 306 g/mol. The van der Waals surface area contributed by atoms with Gasteiger partial charge >= 0.3 is 0 Å². The van der Waals surface area contributed by atoms with Crippen LogP contribution in [0.3, 0.4) is 0 Å². The van der Waals surface area contributed by atoms with Gasteiger partial charge in [0.25, 0.3) is 5.91 Å². The Balaban J connectivity index is 1.97. The Bertz CT molecular complexity index is 666. The van der Waals surface area contributed by atoms with Gasteiger partial charge in [0.1, 0.15) is 5.75 Å². The van der Waals surface area contributed by atoms with E-state index in [1.54, 1.807) is 11.8 Å². The molecule has 122 valence electrons. The highest BCUT2D eigenvalue weighted by Crippen LogP contribution is 2.27. The minimum Gasteiger partial charge on any atom is -0.483 e. The molecule has 2 aromatic rings. The number of hydrogen-bond acceptors (Lipinski definition) is 3. The van der Waals surface area contributed by atoms with Gasteiger partial charge in [-0.1, -0.05) is 26.0 Å². The van der Waals surface area contributed by atoms with E-state index in [1.165, 1.54) is 4.90 Å². The molecule has 2 aromatic carbocycles. The zero-order chi connectivity index (χ0) is 16.8. The molecule has 1 N–H and O–H groups in total. The summed E-state index contributed by atoms with van der Waals surface area (Å²) in [6, 6.07) is 13.9. The Morgan fingerprint density at radius 2 is 1.87 bits per heavy atom. The molecule has 0 unspecified atom stereocenters. The second-order valence-corrected chi connectivity index (χ2v) is 6.64. The average Bonchev–Trinajstić information content (AvgIpc) is 2.53. The maximum atomic E-state index is 12.1. The van der Waals surface area contributed by atoms with Crippen molar-refractivity contribution in [3.05, 3.63) is 53.6 Å². The molecule has 1 amide bonds. The standard InChI is InChI=1S/C19H23NO2S/c1-13(2)17-10-5-14(3)11-18(17)22-12-19(21)20-15-6-8-16(23-4)9-7-15/h5-11,13H,12H2,1-4H3,(H,20,21). The van der Waals surface area contributed by atoms with Crippen molar-refractivity contribution >= 4 is 23.4 Å². The number of rotatable bonds is 6. The van der Waals surface area contributed by atoms with Crippen LogP contribution in [0.25, 0.3) is 0 Å². The lowest BCUT2D eigenvalue weighted by Crippen LogP contribution is -2.20. The van der Waals surface area contributed by atoms with Crippen LogP contribution in [-0.4, -0.2) is 18.8 Å². The van der Waals surface area contributed by atoms with Crippen LogP contribution in [-0.2, 0) is 4.79 Å². The zero-order valence-electron chi connectivity index (χ0n) is 14.1. The highest BCUT2D eigenvalue weighted by atomic mass is 32.2. The first-order chi connectivity index (χ1) is 11.0. The Kier molecular flexibility index (Phi) is 6.11. The van der Waals surface area contributed by atoms with E-state index in [1.807, 2.05) is 43.5 Å². The van der Waals surface area contributed by atoms with E-state index in [4.69, 9.17) is 4.74 Å². The smallest absolute Gasteiger partial charge is 0.262 e. The molecule has 0 heterocycles. The summed E-state index contributed by atoms with van der Waals surface area (Å²) >= 11 is 1.67. The summed E-state index contributed by atoms with van der Waals surface area (Å²) in [6.07, 6.45) is 2.02. The second kappa shape index (κ2) is 8.06. The summed E-state index contributed by atoms with van der Waals surface area (Å²) in [5, 5.41) is 2.85. The van der Waals surface area contributed by atoms with Gasteiger partial charge in [-0.25, -0.2) is 0 Å². The quantitative estimate of drug-likeness (QED) is 0.769. The van der Waals surface area contributed by atoms with Crippen molar-refractivity contribution in [2.24, 2.45) is 0 Å². The number of thioether (sulfide) groups is 1. The fourth-order valence-electron chi connectivity index (χ4n) is 2.26. The van der Waals surface area contributed by atoms with Crippen LogP contribution in [0.15, 0.2) is 47.4 Å². The first-order valence-electron chi connectivity index (χ1n) is 7.67. The van der Waals surface area contributed by atoms with E-state index in [0.717, 1.165) is 22.6 Å². The largest absolute Gasteiger partial charge is 0.483 e. The van der Waals surface area contributed by atoms with Gasteiger partial charge < -0.3 is 10.1 Å². The SMILES string of the molecule is CSc1ccc(NC(=O)COc2cc(C)ccc2C(C)C)cc1. The van der Waals surface area contributed by atoms with E-state index in [2.05, 4.69) is 31.3 Å². The molecule has 4 heteroatoms. The lowest BCUT2D eigenvalue weighted by Gasteiger charge is -2.15. The first-order valence-corrected chi connectivity index (χ1v) is 8.89. The normalized spacial score (nSPS) is 10.7. The maximum Gasteiger partial charge on any atom is 0.262 e. The summed E-state index contributed by atoms with van der Waals surface area (Å²) in [6.45, 7) is 6.26. The third-order valence-electron chi connectivity index (χ3n) is 3.52. The fraction of sp³-hybridized carbons (Fsp3) is 0.316. The van der Waals surface area contributed by atoms with E-state index in [0.29, 0.717) is 5.92 Å². The first kappa shape index (κ1) is 17.4. The van der Waals surface area contributed by atoms with Crippen molar-refractivity contribution in [3.8, 4) is 5.75 Å². The van der Waals surface area contributed by atoms with Crippen LogP contribution in [0.4, 0.5) is 5.69 Å². The minimum absolute atomic E-state index is 0.00739. The highest BCUT2D eigenvalue weighted by Gasteiger charge is 2.10. The predicted molar refractivity (Wildman–Crippen MR) is 97.6 cm³/mol. The Labute approximate surface area is 142 Å². The molecule has 0 atom stereocenters. The number of amides is 1. The molecule has 0 aliphatic rings. The van der Waals surface area contributed by atoms with Crippen LogP contribution in [0.2, 0.25) is 0 Å². The van der Waals surface area contributed by atoms with Gasteiger partial charge in [-0.05, 0) is 60.6 Å². The summed E-state index contributed by atoms with van der Waals surface area (Å²) in [7, 11) is 0. The highest BCUT2D eigenvalue weighted by molar-refractivity contribution is 7.98. The van der Waals surface area contributed by atoms with E-state index in [9.17, 15) is 4.79 Å². The number of benzene rings is 2. The summed E-state index contributed by atoms with van der Waals surface area (Å²) < 4.78 is 5.74. The third-order valence-corrected chi connectivity index (χ3v) is 4.27. The number of aryl methyl sites for hydroxylation is 1. The zero-order valence-corrected chi connectivity index (χ0v) is 14.9. The van der Waals surface area contributed by atoms with Gasteiger partial charge in [-0.15, -0.1) is 11.8 Å². The number of anilines is 1. The molecule has 0 aliphatic carbocycles. The van der Waals surface area contributed by atoms with Crippen molar-refractivity contribution in [1.82, 2.24) is 0 Å². The van der Waals surface area contributed by atoms with Crippen LogP contribution in [0.1, 0.15) is 30.9 Å². The molecule has 0 bridgehead atoms. The van der Waals surface area contributed by atoms with Crippen LogP contribution >= 0.6 is 11.8 Å². The molecule has 0 saturated carbocycles. The molecule has 3 nitrogen and oxygen atoms in total. The molecule has 0 saturated heterocycles. The average molecular weight is 329 g/mol. The molecule has 0 aliphatic heterocycles.